The maximum absolute atomic E-state index is 12.2. The van der Waals surface area contributed by atoms with E-state index < -0.39 is 0 Å². The van der Waals surface area contributed by atoms with Crippen molar-refractivity contribution in [3.63, 3.8) is 0 Å². The Bertz CT molecular complexity index is 425. The smallest absolute Gasteiger partial charge is 0.140 e. The number of hydrogen-bond donors (Lipinski definition) is 0. The Labute approximate surface area is 97.9 Å². The van der Waals surface area contributed by atoms with E-state index in [1.54, 1.807) is 6.92 Å². The summed E-state index contributed by atoms with van der Waals surface area (Å²) in [4.78, 5) is 12.2. The summed E-state index contributed by atoms with van der Waals surface area (Å²) in [7, 11) is 0. The Morgan fingerprint density at radius 2 is 1.88 bits per heavy atom. The van der Waals surface area contributed by atoms with Crippen molar-refractivity contribution in [2.24, 2.45) is 5.41 Å². The minimum Gasteiger partial charge on any atom is -0.299 e. The highest BCUT2D eigenvalue weighted by Gasteiger charge is 2.50. The van der Waals surface area contributed by atoms with Crippen LogP contribution in [0.25, 0.3) is 0 Å². The first-order valence-corrected chi connectivity index (χ1v) is 5.99. The van der Waals surface area contributed by atoms with E-state index >= 15 is 0 Å². The number of carbonyl (C=O) groups excluding carboxylic acids is 1. The van der Waals surface area contributed by atoms with Gasteiger partial charge in [0, 0.05) is 0 Å². The zero-order valence-electron chi connectivity index (χ0n) is 10.6. The lowest BCUT2D eigenvalue weighted by Crippen LogP contribution is -2.44. The zero-order chi connectivity index (χ0) is 12.0. The average molecular weight is 216 g/mol. The Kier molecular flexibility index (Phi) is 2.45. The lowest BCUT2D eigenvalue weighted by molar-refractivity contribution is -0.126. The normalized spacial score (nSPS) is 24.2. The van der Waals surface area contributed by atoms with Crippen LogP contribution in [0.2, 0.25) is 0 Å². The Morgan fingerprint density at radius 1 is 1.25 bits per heavy atom. The molecule has 1 unspecified atom stereocenters. The third-order valence-electron chi connectivity index (χ3n) is 4.13. The van der Waals surface area contributed by atoms with Crippen LogP contribution < -0.4 is 0 Å². The van der Waals surface area contributed by atoms with Crippen LogP contribution >= 0.6 is 0 Å². The van der Waals surface area contributed by atoms with E-state index in [0.29, 0.717) is 5.78 Å². The molecule has 0 radical (unpaired) electrons. The number of carbonyl (C=O) groups is 1. The van der Waals surface area contributed by atoms with Crippen LogP contribution in [0.3, 0.4) is 0 Å². The molecule has 1 aromatic carbocycles. The van der Waals surface area contributed by atoms with Crippen molar-refractivity contribution in [2.75, 3.05) is 0 Å². The van der Waals surface area contributed by atoms with Crippen molar-refractivity contribution in [2.45, 2.75) is 46.0 Å². The molecule has 0 N–H and O–H groups in total. The van der Waals surface area contributed by atoms with Gasteiger partial charge in [-0.25, -0.2) is 0 Å². The van der Waals surface area contributed by atoms with Crippen molar-refractivity contribution in [1.82, 2.24) is 0 Å². The third-order valence-corrected chi connectivity index (χ3v) is 4.13. The van der Waals surface area contributed by atoms with Crippen LogP contribution in [-0.4, -0.2) is 5.78 Å². The largest absolute Gasteiger partial charge is 0.299 e. The second-order valence-corrected chi connectivity index (χ2v) is 5.87. The number of benzene rings is 1. The highest BCUT2D eigenvalue weighted by Crippen LogP contribution is 2.50. The Balaban J connectivity index is 2.66. The summed E-state index contributed by atoms with van der Waals surface area (Å²) in [6.07, 6.45) is 2.00. The molecule has 0 aromatic heterocycles. The maximum Gasteiger partial charge on any atom is 0.140 e. The molecule has 2 rings (SSSR count). The van der Waals surface area contributed by atoms with Crippen molar-refractivity contribution < 1.29 is 4.79 Å². The molecular formula is C15H20O. The second kappa shape index (κ2) is 3.44. The maximum atomic E-state index is 12.2. The van der Waals surface area contributed by atoms with Crippen molar-refractivity contribution in [3.05, 3.63) is 35.4 Å². The fraction of sp³-hybridized carbons (Fsp3) is 0.533. The molecule has 1 aromatic rings. The molecule has 0 fully saturated rings. The molecule has 1 aliphatic rings. The first-order chi connectivity index (χ1) is 7.39. The van der Waals surface area contributed by atoms with Crippen LogP contribution in [0.5, 0.6) is 0 Å². The molecule has 0 aliphatic heterocycles. The highest BCUT2D eigenvalue weighted by molar-refractivity contribution is 5.90. The molecule has 0 spiro atoms. The average Bonchev–Trinajstić information content (AvgIpc) is 2.56. The summed E-state index contributed by atoms with van der Waals surface area (Å²) in [5.74, 6) is 0.310. The number of ketones is 1. The number of aryl methyl sites for hydroxylation is 1. The van der Waals surface area contributed by atoms with Crippen LogP contribution in [0.15, 0.2) is 24.3 Å². The standard InChI is InChI=1S/C15H20O/c1-11(16)15(14(2,3)4)10-9-12-7-5-6-8-13(12)15/h5-8H,9-10H2,1-4H3. The van der Waals surface area contributed by atoms with Crippen molar-refractivity contribution in [1.29, 1.82) is 0 Å². The molecule has 0 saturated carbocycles. The van der Waals surface area contributed by atoms with Gasteiger partial charge in [-0.1, -0.05) is 45.0 Å². The summed E-state index contributed by atoms with van der Waals surface area (Å²) in [5.41, 5.74) is 2.33. The van der Waals surface area contributed by atoms with Gasteiger partial charge in [0.25, 0.3) is 0 Å². The predicted molar refractivity (Wildman–Crippen MR) is 66.6 cm³/mol. The molecule has 0 heterocycles. The number of rotatable bonds is 1. The van der Waals surface area contributed by atoms with E-state index in [0.717, 1.165) is 12.8 Å². The fourth-order valence-electron chi connectivity index (χ4n) is 3.28. The summed E-state index contributed by atoms with van der Waals surface area (Å²) < 4.78 is 0. The SMILES string of the molecule is CC(=O)C1(C(C)(C)C)CCc2ccccc21. The topological polar surface area (TPSA) is 17.1 Å². The van der Waals surface area contributed by atoms with Crippen LogP contribution in [0, 0.1) is 5.41 Å². The molecular weight excluding hydrogens is 196 g/mol. The molecule has 86 valence electrons. The van der Waals surface area contributed by atoms with E-state index in [2.05, 4.69) is 39.0 Å². The van der Waals surface area contributed by atoms with E-state index in [1.165, 1.54) is 11.1 Å². The Hall–Kier alpha value is -1.11. The van der Waals surface area contributed by atoms with Crippen molar-refractivity contribution >= 4 is 5.78 Å². The summed E-state index contributed by atoms with van der Waals surface area (Å²) in [6, 6.07) is 8.41. The van der Waals surface area contributed by atoms with E-state index in [1.807, 2.05) is 6.07 Å². The van der Waals surface area contributed by atoms with E-state index in [-0.39, 0.29) is 10.8 Å². The highest BCUT2D eigenvalue weighted by atomic mass is 16.1. The molecule has 0 saturated heterocycles. The van der Waals surface area contributed by atoms with Crippen molar-refractivity contribution in [3.8, 4) is 0 Å². The Morgan fingerprint density at radius 3 is 2.44 bits per heavy atom. The molecule has 1 heteroatoms. The van der Waals surface area contributed by atoms with E-state index in [4.69, 9.17) is 0 Å². The number of hydrogen-bond acceptors (Lipinski definition) is 1. The summed E-state index contributed by atoms with van der Waals surface area (Å²) in [6.45, 7) is 8.27. The third kappa shape index (κ3) is 1.34. The predicted octanol–water partition coefficient (Wildman–Crippen LogP) is 3.51. The lowest BCUT2D eigenvalue weighted by Gasteiger charge is -2.40. The van der Waals surface area contributed by atoms with Gasteiger partial charge < -0.3 is 0 Å². The first kappa shape index (κ1) is 11.4. The van der Waals surface area contributed by atoms with Crippen LogP contribution in [-0.2, 0) is 16.6 Å². The lowest BCUT2D eigenvalue weighted by atomic mass is 9.61. The van der Waals surface area contributed by atoms with Gasteiger partial charge in [0.1, 0.15) is 5.78 Å². The van der Waals surface area contributed by atoms with Gasteiger partial charge in [0.2, 0.25) is 0 Å². The van der Waals surface area contributed by atoms with Gasteiger partial charge in [-0.2, -0.15) is 0 Å². The van der Waals surface area contributed by atoms with Crippen LogP contribution in [0.1, 0.15) is 45.2 Å². The number of Topliss-reactive ketones (excluding diaryl/α,β-unsaturated/α-hetero) is 1. The molecule has 1 atom stereocenters. The summed E-state index contributed by atoms with van der Waals surface area (Å²) in [5, 5.41) is 0. The molecule has 0 bridgehead atoms. The molecule has 1 aliphatic carbocycles. The first-order valence-electron chi connectivity index (χ1n) is 5.99. The minimum absolute atomic E-state index is 0.00850. The van der Waals surface area contributed by atoms with Gasteiger partial charge in [0.05, 0.1) is 5.41 Å². The van der Waals surface area contributed by atoms with Crippen LogP contribution in [0.4, 0.5) is 0 Å². The summed E-state index contributed by atoms with van der Waals surface area (Å²) >= 11 is 0. The van der Waals surface area contributed by atoms with Gasteiger partial charge in [-0.05, 0) is 36.3 Å². The minimum atomic E-state index is -0.274. The van der Waals surface area contributed by atoms with Gasteiger partial charge >= 0.3 is 0 Å². The van der Waals surface area contributed by atoms with E-state index in [9.17, 15) is 4.79 Å². The van der Waals surface area contributed by atoms with Gasteiger partial charge in [0.15, 0.2) is 0 Å². The van der Waals surface area contributed by atoms with Gasteiger partial charge in [-0.3, -0.25) is 4.79 Å². The molecule has 1 nitrogen and oxygen atoms in total. The fourth-order valence-corrected chi connectivity index (χ4v) is 3.28. The molecule has 16 heavy (non-hydrogen) atoms. The monoisotopic (exact) mass is 216 g/mol. The molecule has 0 amide bonds. The number of fused-ring (bicyclic) bond motifs is 1. The second-order valence-electron chi connectivity index (χ2n) is 5.87. The van der Waals surface area contributed by atoms with Gasteiger partial charge in [-0.15, -0.1) is 0 Å². The quantitative estimate of drug-likeness (QED) is 0.702. The zero-order valence-corrected chi connectivity index (χ0v) is 10.6.